The van der Waals surface area contributed by atoms with Gasteiger partial charge in [-0.15, -0.1) is 10.2 Å². The smallest absolute Gasteiger partial charge is 0.233 e. The molecule has 2 aromatic heterocycles. The summed E-state index contributed by atoms with van der Waals surface area (Å²) in [5, 5.41) is 9.58. The van der Waals surface area contributed by atoms with Crippen LogP contribution in [0, 0.1) is 0 Å². The van der Waals surface area contributed by atoms with Gasteiger partial charge in [-0.05, 0) is 38.8 Å². The Hall–Kier alpha value is -2.02. The van der Waals surface area contributed by atoms with Crippen LogP contribution in [0.5, 0.6) is 0 Å². The SMILES string of the molecule is C=C(C)CN(CC)C(=O)CSc1nnc(-c2ccco2)n1C1CCCCC1. The van der Waals surface area contributed by atoms with E-state index in [9.17, 15) is 4.79 Å². The van der Waals surface area contributed by atoms with E-state index in [0.29, 0.717) is 24.9 Å². The maximum Gasteiger partial charge on any atom is 0.233 e. The molecule has 1 aliphatic rings. The lowest BCUT2D eigenvalue weighted by Gasteiger charge is -2.25. The summed E-state index contributed by atoms with van der Waals surface area (Å²) in [6, 6.07) is 4.14. The maximum absolute atomic E-state index is 12.6. The van der Waals surface area contributed by atoms with Crippen LogP contribution in [-0.2, 0) is 4.79 Å². The van der Waals surface area contributed by atoms with Crippen molar-refractivity contribution in [3.63, 3.8) is 0 Å². The monoisotopic (exact) mass is 388 g/mol. The van der Waals surface area contributed by atoms with E-state index in [1.165, 1.54) is 31.0 Å². The summed E-state index contributed by atoms with van der Waals surface area (Å²) in [5.74, 6) is 1.94. The third kappa shape index (κ3) is 4.83. The third-order valence-corrected chi connectivity index (χ3v) is 5.79. The predicted molar refractivity (Wildman–Crippen MR) is 108 cm³/mol. The number of carbonyl (C=O) groups is 1. The molecule has 3 rings (SSSR count). The molecule has 0 saturated heterocycles. The zero-order valence-electron chi connectivity index (χ0n) is 16.2. The molecule has 146 valence electrons. The van der Waals surface area contributed by atoms with Gasteiger partial charge in [-0.1, -0.05) is 43.2 Å². The number of carbonyl (C=O) groups excluding carboxylic acids is 1. The van der Waals surface area contributed by atoms with Crippen molar-refractivity contribution in [3.8, 4) is 11.6 Å². The number of hydrogen-bond donors (Lipinski definition) is 0. The van der Waals surface area contributed by atoms with Crippen LogP contribution < -0.4 is 0 Å². The van der Waals surface area contributed by atoms with Crippen LogP contribution in [0.15, 0.2) is 40.1 Å². The number of thioether (sulfide) groups is 1. The Labute approximate surface area is 165 Å². The first-order chi connectivity index (χ1) is 13.1. The minimum Gasteiger partial charge on any atom is -0.461 e. The molecule has 0 N–H and O–H groups in total. The van der Waals surface area contributed by atoms with Crippen molar-refractivity contribution >= 4 is 17.7 Å². The van der Waals surface area contributed by atoms with Crippen molar-refractivity contribution in [2.75, 3.05) is 18.8 Å². The van der Waals surface area contributed by atoms with Gasteiger partial charge < -0.3 is 9.32 Å². The minimum atomic E-state index is 0.100. The van der Waals surface area contributed by atoms with E-state index in [1.807, 2.05) is 30.9 Å². The van der Waals surface area contributed by atoms with E-state index in [0.717, 1.165) is 35.2 Å². The van der Waals surface area contributed by atoms with Crippen molar-refractivity contribution < 1.29 is 9.21 Å². The first-order valence-electron chi connectivity index (χ1n) is 9.64. The van der Waals surface area contributed by atoms with E-state index in [4.69, 9.17) is 4.42 Å². The number of furan rings is 1. The second-order valence-electron chi connectivity index (χ2n) is 7.10. The van der Waals surface area contributed by atoms with Gasteiger partial charge >= 0.3 is 0 Å². The highest BCUT2D eigenvalue weighted by atomic mass is 32.2. The third-order valence-electron chi connectivity index (χ3n) is 4.87. The molecule has 0 aromatic carbocycles. The number of likely N-dealkylation sites (N-methyl/N-ethyl adjacent to an activating group) is 1. The summed E-state index contributed by atoms with van der Waals surface area (Å²) in [6.07, 6.45) is 7.59. The van der Waals surface area contributed by atoms with Gasteiger partial charge in [0.1, 0.15) is 0 Å². The molecule has 0 unspecified atom stereocenters. The number of nitrogens with zero attached hydrogens (tertiary/aromatic N) is 4. The second kappa shape index (κ2) is 9.26. The van der Waals surface area contributed by atoms with E-state index in [-0.39, 0.29) is 5.91 Å². The quantitative estimate of drug-likeness (QED) is 0.490. The minimum absolute atomic E-state index is 0.100. The Bertz CT molecular complexity index is 763. The van der Waals surface area contributed by atoms with Gasteiger partial charge in [0.05, 0.1) is 12.0 Å². The van der Waals surface area contributed by atoms with Crippen molar-refractivity contribution in [1.29, 1.82) is 0 Å². The molecule has 0 radical (unpaired) electrons. The molecule has 1 saturated carbocycles. The first-order valence-corrected chi connectivity index (χ1v) is 10.6. The standard InChI is InChI=1S/C20H28N4O2S/c1-4-23(13-15(2)3)18(25)14-27-20-22-21-19(17-11-8-12-26-17)24(20)16-9-6-5-7-10-16/h8,11-12,16H,2,4-7,9-10,13-14H2,1,3H3. The van der Waals surface area contributed by atoms with E-state index in [1.54, 1.807) is 6.26 Å². The van der Waals surface area contributed by atoms with Crippen LogP contribution in [-0.4, -0.2) is 44.4 Å². The molecule has 1 fully saturated rings. The van der Waals surface area contributed by atoms with Gasteiger partial charge in [-0.3, -0.25) is 9.36 Å². The Morgan fingerprint density at radius 3 is 2.78 bits per heavy atom. The number of hydrogen-bond acceptors (Lipinski definition) is 5. The first kappa shape index (κ1) is 19.7. The van der Waals surface area contributed by atoms with Gasteiger partial charge in [0.15, 0.2) is 10.9 Å². The van der Waals surface area contributed by atoms with Crippen LogP contribution in [0.25, 0.3) is 11.6 Å². The van der Waals surface area contributed by atoms with Crippen LogP contribution in [0.1, 0.15) is 52.0 Å². The highest BCUT2D eigenvalue weighted by Gasteiger charge is 2.25. The summed E-state index contributed by atoms with van der Waals surface area (Å²) < 4.78 is 7.76. The summed E-state index contributed by atoms with van der Waals surface area (Å²) in [4.78, 5) is 14.4. The topological polar surface area (TPSA) is 64.2 Å². The fraction of sp³-hybridized carbons (Fsp3) is 0.550. The predicted octanol–water partition coefficient (Wildman–Crippen LogP) is 4.56. The molecular formula is C20H28N4O2S. The van der Waals surface area contributed by atoms with Crippen LogP contribution in [0.4, 0.5) is 0 Å². The van der Waals surface area contributed by atoms with E-state index in [2.05, 4.69) is 21.3 Å². The van der Waals surface area contributed by atoms with Crippen LogP contribution >= 0.6 is 11.8 Å². The molecule has 27 heavy (non-hydrogen) atoms. The zero-order chi connectivity index (χ0) is 19.2. The fourth-order valence-electron chi connectivity index (χ4n) is 3.54. The summed E-state index contributed by atoms with van der Waals surface area (Å²) in [6.45, 7) is 9.13. The van der Waals surface area contributed by atoms with E-state index < -0.39 is 0 Å². The lowest BCUT2D eigenvalue weighted by atomic mass is 9.95. The molecule has 1 amide bonds. The average Bonchev–Trinajstić information content (AvgIpc) is 3.34. The molecule has 6 nitrogen and oxygen atoms in total. The van der Waals surface area contributed by atoms with Gasteiger partial charge in [-0.2, -0.15) is 0 Å². The van der Waals surface area contributed by atoms with Crippen molar-refractivity contribution in [3.05, 3.63) is 30.5 Å². The Morgan fingerprint density at radius 2 is 2.15 bits per heavy atom. The number of rotatable bonds is 8. The van der Waals surface area contributed by atoms with Gasteiger partial charge in [0, 0.05) is 19.1 Å². The molecule has 0 bridgehead atoms. The van der Waals surface area contributed by atoms with Gasteiger partial charge in [-0.25, -0.2) is 0 Å². The largest absolute Gasteiger partial charge is 0.461 e. The molecule has 7 heteroatoms. The molecule has 0 spiro atoms. The van der Waals surface area contributed by atoms with Crippen molar-refractivity contribution in [2.45, 2.75) is 57.1 Å². The molecule has 0 atom stereocenters. The molecular weight excluding hydrogens is 360 g/mol. The van der Waals surface area contributed by atoms with Gasteiger partial charge in [0.25, 0.3) is 0 Å². The summed E-state index contributed by atoms with van der Waals surface area (Å²) in [7, 11) is 0. The van der Waals surface area contributed by atoms with Gasteiger partial charge in [0.2, 0.25) is 11.7 Å². The molecule has 2 aromatic rings. The highest BCUT2D eigenvalue weighted by molar-refractivity contribution is 7.99. The lowest BCUT2D eigenvalue weighted by Crippen LogP contribution is -2.33. The Morgan fingerprint density at radius 1 is 1.37 bits per heavy atom. The zero-order valence-corrected chi connectivity index (χ0v) is 17.0. The Kier molecular flexibility index (Phi) is 6.77. The average molecular weight is 389 g/mol. The van der Waals surface area contributed by atoms with Crippen LogP contribution in [0.2, 0.25) is 0 Å². The molecule has 0 aliphatic heterocycles. The van der Waals surface area contributed by atoms with Crippen molar-refractivity contribution in [1.82, 2.24) is 19.7 Å². The number of amides is 1. The molecule has 1 aliphatic carbocycles. The van der Waals surface area contributed by atoms with Crippen LogP contribution in [0.3, 0.4) is 0 Å². The summed E-state index contributed by atoms with van der Waals surface area (Å²) >= 11 is 1.46. The second-order valence-corrected chi connectivity index (χ2v) is 8.04. The highest BCUT2D eigenvalue weighted by Crippen LogP contribution is 2.35. The molecule has 2 heterocycles. The van der Waals surface area contributed by atoms with Crippen molar-refractivity contribution in [2.24, 2.45) is 0 Å². The lowest BCUT2D eigenvalue weighted by molar-refractivity contribution is -0.127. The Balaban J connectivity index is 1.78. The van der Waals surface area contributed by atoms with E-state index >= 15 is 0 Å². The normalized spacial score (nSPS) is 15.0. The maximum atomic E-state index is 12.6. The fourth-order valence-corrected chi connectivity index (χ4v) is 4.45. The summed E-state index contributed by atoms with van der Waals surface area (Å²) in [5.41, 5.74) is 0.987. The number of aromatic nitrogens is 3.